The molecule has 3 aromatic carbocycles. The van der Waals surface area contributed by atoms with Crippen LogP contribution in [0.2, 0.25) is 10.0 Å². The number of amides is 1. The molecule has 0 bridgehead atoms. The average molecular weight is 557 g/mol. The number of halogens is 2. The number of nitrogens with zero attached hydrogens (tertiary/aromatic N) is 2. The number of benzene rings is 3. The molecule has 37 heavy (non-hydrogen) atoms. The molecule has 1 heterocycles. The molecule has 0 spiro atoms. The fourth-order valence-corrected chi connectivity index (χ4v) is 4.33. The molecule has 10 heteroatoms. The van der Waals surface area contributed by atoms with Crippen LogP contribution in [0.5, 0.6) is 11.5 Å². The van der Waals surface area contributed by atoms with E-state index in [9.17, 15) is 9.59 Å². The van der Waals surface area contributed by atoms with Crippen molar-refractivity contribution >= 4 is 64.2 Å². The van der Waals surface area contributed by atoms with Gasteiger partial charge in [-0.2, -0.15) is 0 Å². The van der Waals surface area contributed by atoms with E-state index in [1.807, 2.05) is 12.1 Å². The summed E-state index contributed by atoms with van der Waals surface area (Å²) in [5, 5.41) is 1.16. The number of hydrogen-bond donors (Lipinski definition) is 0. The molecule has 0 aromatic heterocycles. The summed E-state index contributed by atoms with van der Waals surface area (Å²) >= 11 is 18.0. The highest BCUT2D eigenvalue weighted by Crippen LogP contribution is 2.32. The third kappa shape index (κ3) is 6.05. The summed E-state index contributed by atoms with van der Waals surface area (Å²) in [5.74, 6) is 0.190. The van der Waals surface area contributed by atoms with Crippen LogP contribution >= 0.6 is 35.4 Å². The van der Waals surface area contributed by atoms with Crippen molar-refractivity contribution < 1.29 is 23.8 Å². The molecule has 0 aliphatic carbocycles. The summed E-state index contributed by atoms with van der Waals surface area (Å²) in [6.07, 6.45) is 1.62. The van der Waals surface area contributed by atoms with Crippen LogP contribution in [0.25, 0.3) is 6.08 Å². The molecule has 1 fully saturated rings. The quantitative estimate of drug-likeness (QED) is 0.199. The summed E-state index contributed by atoms with van der Waals surface area (Å²) in [6.45, 7) is 0.0867. The van der Waals surface area contributed by atoms with E-state index in [2.05, 4.69) is 0 Å². The largest absolute Gasteiger partial charge is 0.497 e. The van der Waals surface area contributed by atoms with Crippen LogP contribution in [0.1, 0.15) is 11.1 Å². The van der Waals surface area contributed by atoms with Crippen molar-refractivity contribution in [3.63, 3.8) is 0 Å². The molecule has 1 aliphatic rings. The average Bonchev–Trinajstić information content (AvgIpc) is 3.13. The van der Waals surface area contributed by atoms with Gasteiger partial charge >= 0.3 is 5.97 Å². The predicted molar refractivity (Wildman–Crippen MR) is 147 cm³/mol. The van der Waals surface area contributed by atoms with Gasteiger partial charge in [0.05, 0.1) is 24.9 Å². The van der Waals surface area contributed by atoms with Gasteiger partial charge in [0.1, 0.15) is 30.3 Å². The van der Waals surface area contributed by atoms with E-state index in [1.165, 1.54) is 16.9 Å². The van der Waals surface area contributed by atoms with E-state index in [1.54, 1.807) is 67.8 Å². The van der Waals surface area contributed by atoms with Gasteiger partial charge in [-0.05, 0) is 78.0 Å². The van der Waals surface area contributed by atoms with Gasteiger partial charge in [0, 0.05) is 5.02 Å². The molecule has 0 N–H and O–H groups in total. The first-order valence-corrected chi connectivity index (χ1v) is 12.2. The third-order valence-electron chi connectivity index (χ3n) is 5.55. The van der Waals surface area contributed by atoms with Gasteiger partial charge in [-0.15, -0.1) is 0 Å². The van der Waals surface area contributed by atoms with E-state index in [-0.39, 0.29) is 17.4 Å². The molecule has 0 unspecified atom stereocenters. The zero-order valence-electron chi connectivity index (χ0n) is 19.9. The molecule has 1 saturated heterocycles. The summed E-state index contributed by atoms with van der Waals surface area (Å²) in [6, 6.07) is 19.3. The van der Waals surface area contributed by atoms with Crippen LogP contribution in [0, 0.1) is 0 Å². The third-order valence-corrected chi connectivity index (χ3v) is 6.50. The summed E-state index contributed by atoms with van der Waals surface area (Å²) in [4.78, 5) is 28.4. The molecule has 3 aromatic rings. The minimum absolute atomic E-state index is 0.154. The first-order valence-electron chi connectivity index (χ1n) is 11.1. The molecule has 0 atom stereocenters. The lowest BCUT2D eigenvalue weighted by Crippen LogP contribution is -2.35. The Morgan fingerprint density at radius 1 is 1.00 bits per heavy atom. The number of ether oxygens (including phenoxy) is 3. The maximum atomic E-state index is 13.5. The monoisotopic (exact) mass is 556 g/mol. The predicted octanol–water partition coefficient (Wildman–Crippen LogP) is 5.73. The number of anilines is 1. The standard InChI is InChI=1S/C27H22Cl2N2O5S/c1-34-21-10-8-20(9-11-21)31-26(33)23(30(27(31)37)15-25(32)35-2)14-18-5-12-24(22(29)13-18)36-16-17-3-6-19(28)7-4-17/h3-14H,15-16H2,1-2H3/b23-14-. The second-order valence-corrected chi connectivity index (χ2v) is 9.13. The number of carbonyl (C=O) groups excluding carboxylic acids is 2. The first kappa shape index (κ1) is 26.5. The number of methoxy groups -OCH3 is 2. The fraction of sp³-hybridized carbons (Fsp3) is 0.148. The highest BCUT2D eigenvalue weighted by atomic mass is 35.5. The summed E-state index contributed by atoms with van der Waals surface area (Å²) < 4.78 is 15.8. The van der Waals surface area contributed by atoms with E-state index >= 15 is 0 Å². The Morgan fingerprint density at radius 3 is 2.32 bits per heavy atom. The molecule has 1 amide bonds. The molecule has 1 aliphatic heterocycles. The highest BCUT2D eigenvalue weighted by molar-refractivity contribution is 7.80. The minimum Gasteiger partial charge on any atom is -0.497 e. The van der Waals surface area contributed by atoms with Crippen molar-refractivity contribution in [1.29, 1.82) is 0 Å². The molecular weight excluding hydrogens is 535 g/mol. The van der Waals surface area contributed by atoms with Crippen LogP contribution in [0.4, 0.5) is 5.69 Å². The zero-order valence-corrected chi connectivity index (χ0v) is 22.3. The van der Waals surface area contributed by atoms with Crippen LogP contribution in [-0.4, -0.2) is 42.7 Å². The van der Waals surface area contributed by atoms with Gasteiger partial charge in [0.2, 0.25) is 0 Å². The normalized spacial score (nSPS) is 14.3. The van der Waals surface area contributed by atoms with E-state index in [0.717, 1.165) is 5.56 Å². The SMILES string of the molecule is COC(=O)CN1C(=S)N(c2ccc(OC)cc2)C(=O)/C1=C/c1ccc(OCc2ccc(Cl)cc2)c(Cl)c1. The van der Waals surface area contributed by atoms with Crippen LogP contribution < -0.4 is 14.4 Å². The Labute approximate surface area is 229 Å². The zero-order chi connectivity index (χ0) is 26.5. The van der Waals surface area contributed by atoms with Crippen molar-refractivity contribution in [1.82, 2.24) is 4.90 Å². The number of rotatable bonds is 8. The maximum absolute atomic E-state index is 13.5. The van der Waals surface area contributed by atoms with Gasteiger partial charge in [-0.25, -0.2) is 0 Å². The maximum Gasteiger partial charge on any atom is 0.325 e. The van der Waals surface area contributed by atoms with Gasteiger partial charge in [-0.3, -0.25) is 14.5 Å². The van der Waals surface area contributed by atoms with Crippen molar-refractivity contribution in [2.45, 2.75) is 6.61 Å². The smallest absolute Gasteiger partial charge is 0.325 e. The number of hydrogen-bond acceptors (Lipinski definition) is 6. The lowest BCUT2D eigenvalue weighted by atomic mass is 10.1. The van der Waals surface area contributed by atoms with Gasteiger partial charge in [0.25, 0.3) is 5.91 Å². The molecule has 190 valence electrons. The van der Waals surface area contributed by atoms with Crippen molar-refractivity contribution in [2.75, 3.05) is 25.7 Å². The molecular formula is C27H22Cl2N2O5S. The minimum atomic E-state index is -0.540. The van der Waals surface area contributed by atoms with Crippen LogP contribution in [0.3, 0.4) is 0 Å². The number of thiocarbonyl (C=S) groups is 1. The fourth-order valence-electron chi connectivity index (χ4n) is 3.61. The Hall–Kier alpha value is -3.59. The summed E-state index contributed by atoms with van der Waals surface area (Å²) in [7, 11) is 2.83. The number of carbonyl (C=O) groups is 2. The van der Waals surface area contributed by atoms with Gasteiger partial charge in [-0.1, -0.05) is 41.4 Å². The van der Waals surface area contributed by atoms with Crippen LogP contribution in [0.15, 0.2) is 72.4 Å². The number of esters is 1. The first-order chi connectivity index (χ1) is 17.8. The van der Waals surface area contributed by atoms with Crippen molar-refractivity contribution in [3.8, 4) is 11.5 Å². The van der Waals surface area contributed by atoms with Crippen molar-refractivity contribution in [2.24, 2.45) is 0 Å². The Balaban J connectivity index is 1.60. The second-order valence-electron chi connectivity index (χ2n) is 7.92. The molecule has 0 saturated carbocycles. The topological polar surface area (TPSA) is 68.3 Å². The second kappa shape index (κ2) is 11.6. The van der Waals surface area contributed by atoms with Crippen molar-refractivity contribution in [3.05, 3.63) is 93.6 Å². The van der Waals surface area contributed by atoms with Gasteiger partial charge < -0.3 is 19.1 Å². The van der Waals surface area contributed by atoms with Gasteiger partial charge in [0.15, 0.2) is 5.11 Å². The lowest BCUT2D eigenvalue weighted by Gasteiger charge is -2.19. The molecule has 7 nitrogen and oxygen atoms in total. The Bertz CT molecular complexity index is 1360. The van der Waals surface area contributed by atoms with E-state index in [4.69, 9.17) is 49.6 Å². The highest BCUT2D eigenvalue weighted by Gasteiger charge is 2.40. The molecule has 4 rings (SSSR count). The Morgan fingerprint density at radius 2 is 1.70 bits per heavy atom. The van der Waals surface area contributed by atoms with E-state index in [0.29, 0.717) is 39.4 Å². The Kier molecular flexibility index (Phi) is 8.33. The van der Waals surface area contributed by atoms with E-state index < -0.39 is 11.9 Å². The van der Waals surface area contributed by atoms with Crippen LogP contribution in [-0.2, 0) is 20.9 Å². The summed E-state index contributed by atoms with van der Waals surface area (Å²) in [5.41, 5.74) is 2.31. The lowest BCUT2D eigenvalue weighted by molar-refractivity contribution is -0.140. The molecule has 0 radical (unpaired) electrons.